The maximum Gasteiger partial charge on any atom is 0.416 e. The highest BCUT2D eigenvalue weighted by Crippen LogP contribution is 2.32. The van der Waals surface area contributed by atoms with Crippen molar-refractivity contribution in [2.75, 3.05) is 0 Å². The minimum absolute atomic E-state index is 0.185. The van der Waals surface area contributed by atoms with E-state index in [4.69, 9.17) is 5.73 Å². The van der Waals surface area contributed by atoms with Crippen molar-refractivity contribution in [2.24, 2.45) is 11.7 Å². The summed E-state index contributed by atoms with van der Waals surface area (Å²) in [6.07, 6.45) is -2.52. The molecule has 0 spiro atoms. The van der Waals surface area contributed by atoms with Crippen LogP contribution in [0.4, 0.5) is 13.2 Å². The molecule has 1 nitrogen and oxygen atoms in total. The van der Waals surface area contributed by atoms with E-state index in [9.17, 15) is 13.2 Å². The topological polar surface area (TPSA) is 26.0 Å². The molecule has 4 heteroatoms. The molecule has 0 radical (unpaired) electrons. The summed E-state index contributed by atoms with van der Waals surface area (Å²) in [5.41, 5.74) is 6.83. The Bertz CT molecular complexity index is 397. The Balaban J connectivity index is 2.85. The van der Waals surface area contributed by atoms with Gasteiger partial charge in [0.25, 0.3) is 0 Å². The molecule has 1 aromatic carbocycles. The highest BCUT2D eigenvalue weighted by atomic mass is 19.4. The molecular weight excluding hydrogens is 239 g/mol. The Morgan fingerprint density at radius 1 is 1.17 bits per heavy atom. The van der Waals surface area contributed by atoms with Crippen LogP contribution in [0.15, 0.2) is 18.2 Å². The van der Waals surface area contributed by atoms with Crippen molar-refractivity contribution < 1.29 is 13.2 Å². The molecule has 0 aliphatic heterocycles. The van der Waals surface area contributed by atoms with Crippen LogP contribution in [0.5, 0.6) is 0 Å². The van der Waals surface area contributed by atoms with Crippen LogP contribution < -0.4 is 5.73 Å². The van der Waals surface area contributed by atoms with Gasteiger partial charge < -0.3 is 5.73 Å². The largest absolute Gasteiger partial charge is 0.416 e. The summed E-state index contributed by atoms with van der Waals surface area (Å²) in [5, 5.41) is 0. The van der Waals surface area contributed by atoms with Gasteiger partial charge in [0.15, 0.2) is 0 Å². The molecule has 102 valence electrons. The van der Waals surface area contributed by atoms with Crippen molar-refractivity contribution in [3.8, 4) is 0 Å². The third-order valence-electron chi connectivity index (χ3n) is 3.05. The fourth-order valence-electron chi connectivity index (χ4n) is 1.94. The second-order valence-electron chi connectivity index (χ2n) is 5.15. The summed E-state index contributed by atoms with van der Waals surface area (Å²) < 4.78 is 37.6. The highest BCUT2D eigenvalue weighted by molar-refractivity contribution is 5.34. The monoisotopic (exact) mass is 259 g/mol. The third kappa shape index (κ3) is 4.02. The van der Waals surface area contributed by atoms with Crippen molar-refractivity contribution >= 4 is 0 Å². The zero-order valence-electron chi connectivity index (χ0n) is 11.0. The fraction of sp³-hybridized carbons (Fsp3) is 0.571. The molecule has 18 heavy (non-hydrogen) atoms. The number of hydrogen-bond donors (Lipinski definition) is 1. The Morgan fingerprint density at radius 2 is 1.78 bits per heavy atom. The van der Waals surface area contributed by atoms with Crippen LogP contribution in [0, 0.1) is 12.8 Å². The maximum absolute atomic E-state index is 12.5. The van der Waals surface area contributed by atoms with Gasteiger partial charge in [-0.2, -0.15) is 13.2 Å². The summed E-state index contributed by atoms with van der Waals surface area (Å²) in [6.45, 7) is 5.89. The van der Waals surface area contributed by atoms with Crippen molar-refractivity contribution in [3.05, 3.63) is 34.9 Å². The minimum atomic E-state index is -4.29. The number of hydrogen-bond acceptors (Lipinski definition) is 1. The molecule has 2 N–H and O–H groups in total. The standard InChI is InChI=1S/C14H20F3N/c1-9(2)4-7-13(18)12-6-5-11(8-10(12)3)14(15,16)17/h5-6,8-9,13H,4,7,18H2,1-3H3. The molecule has 0 aromatic heterocycles. The highest BCUT2D eigenvalue weighted by Gasteiger charge is 2.30. The van der Waals surface area contributed by atoms with E-state index in [1.54, 1.807) is 6.92 Å². The van der Waals surface area contributed by atoms with Gasteiger partial charge >= 0.3 is 6.18 Å². The van der Waals surface area contributed by atoms with Crippen LogP contribution in [0.1, 0.15) is 49.4 Å². The van der Waals surface area contributed by atoms with Gasteiger partial charge in [-0.1, -0.05) is 19.9 Å². The first kappa shape index (κ1) is 15.0. The molecule has 1 unspecified atom stereocenters. The number of rotatable bonds is 4. The van der Waals surface area contributed by atoms with Gasteiger partial charge in [-0.15, -0.1) is 0 Å². The quantitative estimate of drug-likeness (QED) is 0.849. The summed E-state index contributed by atoms with van der Waals surface area (Å²) in [4.78, 5) is 0. The van der Waals surface area contributed by atoms with Gasteiger partial charge in [-0.05, 0) is 48.9 Å². The van der Waals surface area contributed by atoms with Crippen LogP contribution in [0.3, 0.4) is 0 Å². The van der Waals surface area contributed by atoms with Gasteiger partial charge in [0, 0.05) is 6.04 Å². The smallest absolute Gasteiger partial charge is 0.324 e. The number of alkyl halides is 3. The van der Waals surface area contributed by atoms with Crippen molar-refractivity contribution in [1.29, 1.82) is 0 Å². The zero-order chi connectivity index (χ0) is 13.9. The first-order valence-electron chi connectivity index (χ1n) is 6.15. The number of aryl methyl sites for hydroxylation is 1. The van der Waals surface area contributed by atoms with Gasteiger partial charge in [-0.3, -0.25) is 0 Å². The van der Waals surface area contributed by atoms with E-state index in [1.165, 1.54) is 12.1 Å². The fourth-order valence-corrected chi connectivity index (χ4v) is 1.94. The van der Waals surface area contributed by atoms with Crippen LogP contribution in [0.25, 0.3) is 0 Å². The second kappa shape index (κ2) is 5.74. The number of nitrogens with two attached hydrogens (primary N) is 1. The maximum atomic E-state index is 12.5. The molecule has 0 bridgehead atoms. The molecule has 0 aliphatic rings. The molecule has 0 saturated carbocycles. The molecular formula is C14H20F3N. The van der Waals surface area contributed by atoms with Crippen molar-refractivity contribution in [3.63, 3.8) is 0 Å². The van der Waals surface area contributed by atoms with E-state index in [0.717, 1.165) is 24.5 Å². The summed E-state index contributed by atoms with van der Waals surface area (Å²) in [5.74, 6) is 0.547. The van der Waals surface area contributed by atoms with Crippen LogP contribution in [0.2, 0.25) is 0 Å². The molecule has 0 fully saturated rings. The lowest BCUT2D eigenvalue weighted by molar-refractivity contribution is -0.137. The molecule has 0 amide bonds. The zero-order valence-corrected chi connectivity index (χ0v) is 11.0. The lowest BCUT2D eigenvalue weighted by Gasteiger charge is -2.17. The Labute approximate surface area is 106 Å². The first-order valence-corrected chi connectivity index (χ1v) is 6.15. The molecule has 0 saturated heterocycles. The summed E-state index contributed by atoms with van der Waals surface area (Å²) >= 11 is 0. The Hall–Kier alpha value is -1.03. The van der Waals surface area contributed by atoms with E-state index in [-0.39, 0.29) is 6.04 Å². The van der Waals surface area contributed by atoms with Gasteiger partial charge in [0.05, 0.1) is 5.56 Å². The van der Waals surface area contributed by atoms with Crippen molar-refractivity contribution in [1.82, 2.24) is 0 Å². The molecule has 1 aromatic rings. The molecule has 1 rings (SSSR count). The molecule has 1 atom stereocenters. The molecule has 0 aliphatic carbocycles. The lowest BCUT2D eigenvalue weighted by Crippen LogP contribution is -2.14. The second-order valence-corrected chi connectivity index (χ2v) is 5.15. The predicted octanol–water partition coefficient (Wildman–Crippen LogP) is 4.45. The summed E-state index contributed by atoms with van der Waals surface area (Å²) in [6, 6.07) is 3.60. The minimum Gasteiger partial charge on any atom is -0.324 e. The van der Waals surface area contributed by atoms with Gasteiger partial charge in [0.1, 0.15) is 0 Å². The Kier molecular flexibility index (Phi) is 4.79. The SMILES string of the molecule is Cc1cc(C(F)(F)F)ccc1C(N)CCC(C)C. The summed E-state index contributed by atoms with van der Waals surface area (Å²) in [7, 11) is 0. The van der Waals surface area contributed by atoms with Crippen molar-refractivity contribution in [2.45, 2.75) is 45.8 Å². The normalized spacial score (nSPS) is 14.0. The third-order valence-corrected chi connectivity index (χ3v) is 3.05. The lowest BCUT2D eigenvalue weighted by atomic mass is 9.94. The average molecular weight is 259 g/mol. The van der Waals surface area contributed by atoms with Crippen LogP contribution in [-0.4, -0.2) is 0 Å². The predicted molar refractivity (Wildman–Crippen MR) is 67.2 cm³/mol. The average Bonchev–Trinajstić information content (AvgIpc) is 2.24. The molecule has 0 heterocycles. The van der Waals surface area contributed by atoms with E-state index >= 15 is 0 Å². The van der Waals surface area contributed by atoms with Gasteiger partial charge in [0.2, 0.25) is 0 Å². The van der Waals surface area contributed by atoms with Crippen LogP contribution in [-0.2, 0) is 6.18 Å². The van der Waals surface area contributed by atoms with Crippen LogP contribution >= 0.6 is 0 Å². The van der Waals surface area contributed by atoms with E-state index in [2.05, 4.69) is 13.8 Å². The number of benzene rings is 1. The van der Waals surface area contributed by atoms with Gasteiger partial charge in [-0.25, -0.2) is 0 Å². The Morgan fingerprint density at radius 3 is 2.22 bits per heavy atom. The van der Waals surface area contributed by atoms with E-state index < -0.39 is 11.7 Å². The number of halogens is 3. The first-order chi connectivity index (χ1) is 8.21. The van der Waals surface area contributed by atoms with E-state index in [0.29, 0.717) is 11.5 Å². The van der Waals surface area contributed by atoms with E-state index in [1.807, 2.05) is 0 Å².